The third-order valence-corrected chi connectivity index (χ3v) is 4.41. The van der Waals surface area contributed by atoms with Crippen molar-refractivity contribution in [3.8, 4) is 0 Å². The highest BCUT2D eigenvalue weighted by molar-refractivity contribution is 7.87. The van der Waals surface area contributed by atoms with Gasteiger partial charge in [-0.25, -0.2) is 4.79 Å². The SMILES string of the molecule is CC(C)(O)Cc1ccc2c(COC(=O)C(F)(F)S(=O)(=O)O)cccc2c1. The maximum atomic E-state index is 13.2. The Bertz CT molecular complexity index is 932. The van der Waals surface area contributed by atoms with Crippen molar-refractivity contribution in [1.82, 2.24) is 0 Å². The quantitative estimate of drug-likeness (QED) is 0.583. The molecule has 0 spiro atoms. The van der Waals surface area contributed by atoms with Gasteiger partial charge < -0.3 is 9.84 Å². The van der Waals surface area contributed by atoms with E-state index in [0.29, 0.717) is 17.4 Å². The number of benzene rings is 2. The highest BCUT2D eigenvalue weighted by Gasteiger charge is 2.54. The molecule has 142 valence electrons. The smallest absolute Gasteiger partial charge is 0.455 e. The topological polar surface area (TPSA) is 101 Å². The first-order chi connectivity index (χ1) is 11.8. The molecule has 0 aliphatic heterocycles. The fourth-order valence-electron chi connectivity index (χ4n) is 2.47. The lowest BCUT2D eigenvalue weighted by molar-refractivity contribution is -0.162. The van der Waals surface area contributed by atoms with Crippen LogP contribution in [0.4, 0.5) is 8.78 Å². The fourth-order valence-corrected chi connectivity index (χ4v) is 2.74. The second kappa shape index (κ2) is 6.90. The number of fused-ring (bicyclic) bond motifs is 1. The summed E-state index contributed by atoms with van der Waals surface area (Å²) >= 11 is 0. The van der Waals surface area contributed by atoms with Crippen LogP contribution < -0.4 is 0 Å². The van der Waals surface area contributed by atoms with Gasteiger partial charge >= 0.3 is 21.3 Å². The van der Waals surface area contributed by atoms with E-state index < -0.39 is 33.5 Å². The summed E-state index contributed by atoms with van der Waals surface area (Å²) in [5.74, 6) is -2.35. The van der Waals surface area contributed by atoms with Crippen LogP contribution in [-0.4, -0.2) is 34.9 Å². The molecule has 0 bridgehead atoms. The minimum absolute atomic E-state index is 0.386. The van der Waals surface area contributed by atoms with Crippen molar-refractivity contribution in [3.63, 3.8) is 0 Å². The molecule has 0 unspecified atom stereocenters. The number of ether oxygens (including phenoxy) is 1. The van der Waals surface area contributed by atoms with E-state index >= 15 is 0 Å². The van der Waals surface area contributed by atoms with Crippen LogP contribution in [-0.2, 0) is 32.7 Å². The molecule has 0 fully saturated rings. The average molecular weight is 388 g/mol. The summed E-state index contributed by atoms with van der Waals surface area (Å²) in [5, 5.41) is 6.21. The Labute approximate surface area is 149 Å². The lowest BCUT2D eigenvalue weighted by atomic mass is 9.95. The number of alkyl halides is 2. The van der Waals surface area contributed by atoms with Gasteiger partial charge in [-0.3, -0.25) is 4.55 Å². The average Bonchev–Trinajstić information content (AvgIpc) is 2.49. The predicted octanol–water partition coefficient (Wildman–Crippen LogP) is 2.68. The summed E-state index contributed by atoms with van der Waals surface area (Å²) in [6.45, 7) is 2.75. The molecule has 2 aromatic rings. The van der Waals surface area contributed by atoms with Gasteiger partial charge in [0.15, 0.2) is 0 Å². The standard InChI is InChI=1S/C17H18F2O6S/c1-16(2,21)9-11-6-7-14-12(8-11)4-3-5-13(14)10-25-15(20)17(18,19)26(22,23)24/h3-8,21H,9-10H2,1-2H3,(H,22,23,24). The van der Waals surface area contributed by atoms with Crippen LogP contribution in [0.3, 0.4) is 0 Å². The lowest BCUT2D eigenvalue weighted by Gasteiger charge is -2.17. The molecule has 2 rings (SSSR count). The number of hydrogen-bond donors (Lipinski definition) is 2. The fraction of sp³-hybridized carbons (Fsp3) is 0.353. The van der Waals surface area contributed by atoms with Crippen LogP contribution >= 0.6 is 0 Å². The molecule has 0 aliphatic carbocycles. The summed E-state index contributed by atoms with van der Waals surface area (Å²) in [6, 6.07) is 10.2. The van der Waals surface area contributed by atoms with Crippen LogP contribution in [0.25, 0.3) is 10.8 Å². The van der Waals surface area contributed by atoms with Crippen molar-refractivity contribution in [3.05, 3.63) is 47.5 Å². The van der Waals surface area contributed by atoms with E-state index in [-0.39, 0.29) is 0 Å². The molecule has 9 heteroatoms. The second-order valence-corrected chi connectivity index (χ2v) is 7.99. The van der Waals surface area contributed by atoms with E-state index in [1.165, 1.54) is 6.07 Å². The van der Waals surface area contributed by atoms with Crippen LogP contribution in [0, 0.1) is 0 Å². The van der Waals surface area contributed by atoms with Crippen LogP contribution in [0.15, 0.2) is 36.4 Å². The highest BCUT2D eigenvalue weighted by atomic mass is 32.2. The number of halogens is 2. The molecule has 0 heterocycles. The first-order valence-corrected chi connectivity index (χ1v) is 9.00. The molecule has 0 saturated heterocycles. The number of hydrogen-bond acceptors (Lipinski definition) is 5. The Hall–Kier alpha value is -2.10. The Morgan fingerprint density at radius 1 is 1.19 bits per heavy atom. The van der Waals surface area contributed by atoms with E-state index in [1.807, 2.05) is 6.07 Å². The normalized spacial score (nSPS) is 13.0. The summed E-state index contributed by atoms with van der Waals surface area (Å²) in [4.78, 5) is 11.3. The molecule has 0 radical (unpaired) electrons. The van der Waals surface area contributed by atoms with Crippen LogP contribution in [0.1, 0.15) is 25.0 Å². The molecule has 0 atom stereocenters. The summed E-state index contributed by atoms with van der Waals surface area (Å²) in [5.41, 5.74) is 0.344. The zero-order valence-electron chi connectivity index (χ0n) is 14.1. The number of aliphatic hydroxyl groups is 1. The molecule has 0 amide bonds. The molecule has 2 N–H and O–H groups in total. The Morgan fingerprint density at radius 3 is 2.42 bits per heavy atom. The van der Waals surface area contributed by atoms with Crippen molar-refractivity contribution < 1.29 is 36.4 Å². The third kappa shape index (κ3) is 4.54. The van der Waals surface area contributed by atoms with Gasteiger partial charge in [-0.05, 0) is 35.7 Å². The molecule has 0 aromatic heterocycles. The third-order valence-electron chi connectivity index (χ3n) is 3.59. The van der Waals surface area contributed by atoms with Gasteiger partial charge in [0, 0.05) is 6.42 Å². The summed E-state index contributed by atoms with van der Waals surface area (Å²) < 4.78 is 60.3. The van der Waals surface area contributed by atoms with Crippen molar-refractivity contribution in [1.29, 1.82) is 0 Å². The molecule has 2 aromatic carbocycles. The second-order valence-electron chi connectivity index (χ2n) is 6.53. The lowest BCUT2D eigenvalue weighted by Crippen LogP contribution is -2.38. The highest BCUT2D eigenvalue weighted by Crippen LogP contribution is 2.26. The van der Waals surface area contributed by atoms with E-state index in [2.05, 4.69) is 4.74 Å². The largest absolute Gasteiger partial charge is 0.465 e. The first kappa shape index (κ1) is 20.2. The van der Waals surface area contributed by atoms with Gasteiger partial charge in [-0.15, -0.1) is 0 Å². The van der Waals surface area contributed by atoms with Gasteiger partial charge in [0.25, 0.3) is 0 Å². The van der Waals surface area contributed by atoms with Gasteiger partial charge in [-0.2, -0.15) is 17.2 Å². The van der Waals surface area contributed by atoms with E-state index in [1.54, 1.807) is 38.1 Å². The first-order valence-electron chi connectivity index (χ1n) is 7.56. The summed E-state index contributed by atoms with van der Waals surface area (Å²) in [6.07, 6.45) is 0.405. The van der Waals surface area contributed by atoms with Crippen molar-refractivity contribution in [2.45, 2.75) is 37.7 Å². The molecular formula is C17H18F2O6S. The summed E-state index contributed by atoms with van der Waals surface area (Å²) in [7, 11) is -5.90. The van der Waals surface area contributed by atoms with Gasteiger partial charge in [-0.1, -0.05) is 36.4 Å². The Kier molecular flexibility index (Phi) is 5.36. The number of esters is 1. The molecule has 6 nitrogen and oxygen atoms in total. The minimum atomic E-state index is -5.90. The van der Waals surface area contributed by atoms with Crippen LogP contribution in [0.5, 0.6) is 0 Å². The molecule has 0 saturated carbocycles. The molecule has 0 aliphatic rings. The molecule has 26 heavy (non-hydrogen) atoms. The van der Waals surface area contributed by atoms with Gasteiger partial charge in [0.05, 0.1) is 5.60 Å². The van der Waals surface area contributed by atoms with E-state index in [0.717, 1.165) is 10.9 Å². The van der Waals surface area contributed by atoms with Crippen molar-refractivity contribution in [2.24, 2.45) is 0 Å². The number of carbonyl (C=O) groups is 1. The zero-order valence-corrected chi connectivity index (χ0v) is 14.9. The maximum Gasteiger partial charge on any atom is 0.465 e. The number of rotatable bonds is 6. The number of carbonyl (C=O) groups excluding carboxylic acids is 1. The van der Waals surface area contributed by atoms with Gasteiger partial charge in [0.2, 0.25) is 0 Å². The Balaban J connectivity index is 2.24. The van der Waals surface area contributed by atoms with E-state index in [4.69, 9.17) is 4.55 Å². The van der Waals surface area contributed by atoms with Crippen molar-refractivity contribution >= 4 is 26.9 Å². The zero-order chi connectivity index (χ0) is 19.8. The monoisotopic (exact) mass is 388 g/mol. The maximum absolute atomic E-state index is 13.2. The van der Waals surface area contributed by atoms with E-state index in [9.17, 15) is 27.1 Å². The molecular weight excluding hydrogens is 370 g/mol. The predicted molar refractivity (Wildman–Crippen MR) is 90.2 cm³/mol. The Morgan fingerprint density at radius 2 is 1.85 bits per heavy atom. The van der Waals surface area contributed by atoms with Crippen LogP contribution in [0.2, 0.25) is 0 Å². The minimum Gasteiger partial charge on any atom is -0.455 e. The van der Waals surface area contributed by atoms with Crippen molar-refractivity contribution in [2.75, 3.05) is 0 Å². The van der Waals surface area contributed by atoms with Gasteiger partial charge in [0.1, 0.15) is 6.61 Å².